The van der Waals surface area contributed by atoms with Gasteiger partial charge in [-0.3, -0.25) is 0 Å². The fourth-order valence-electron chi connectivity index (χ4n) is 1.14. The van der Waals surface area contributed by atoms with Crippen LogP contribution >= 0.6 is 35.0 Å². The number of aryl methyl sites for hydroxylation is 1. The molecule has 2 rings (SSSR count). The molecule has 1 aromatic carbocycles. The van der Waals surface area contributed by atoms with Gasteiger partial charge in [-0.05, 0) is 12.1 Å². The molecule has 6 heteroatoms. The maximum atomic E-state index is 6.05. The number of nitrogens with zero attached hydrogens (tertiary/aromatic N) is 2. The van der Waals surface area contributed by atoms with E-state index in [1.54, 1.807) is 13.0 Å². The van der Waals surface area contributed by atoms with Crippen LogP contribution in [0.25, 0.3) is 0 Å². The molecule has 16 heavy (non-hydrogen) atoms. The average Bonchev–Trinajstić information content (AvgIpc) is 2.67. The normalized spacial score (nSPS) is 10.7. The van der Waals surface area contributed by atoms with Gasteiger partial charge in [-0.1, -0.05) is 34.4 Å². The molecule has 1 aromatic heterocycles. The molecule has 0 amide bonds. The van der Waals surface area contributed by atoms with Crippen LogP contribution < -0.4 is 0 Å². The molecule has 0 saturated heterocycles. The second kappa shape index (κ2) is 5.08. The van der Waals surface area contributed by atoms with E-state index in [1.165, 1.54) is 11.8 Å². The van der Waals surface area contributed by atoms with E-state index in [0.29, 0.717) is 27.5 Å². The summed E-state index contributed by atoms with van der Waals surface area (Å²) >= 11 is 13.5. The minimum atomic E-state index is 0.552. The first-order valence-corrected chi connectivity index (χ1v) is 6.27. The highest BCUT2D eigenvalue weighted by molar-refractivity contribution is 7.98. The van der Waals surface area contributed by atoms with Gasteiger partial charge in [-0.25, -0.2) is 0 Å². The Balaban J connectivity index is 2.07. The second-order valence-electron chi connectivity index (χ2n) is 3.07. The van der Waals surface area contributed by atoms with Crippen LogP contribution in [0.5, 0.6) is 0 Å². The maximum absolute atomic E-state index is 6.05. The van der Waals surface area contributed by atoms with Crippen LogP contribution in [-0.2, 0) is 5.75 Å². The lowest BCUT2D eigenvalue weighted by atomic mass is 10.4. The van der Waals surface area contributed by atoms with Crippen LogP contribution in [-0.4, -0.2) is 10.1 Å². The molecule has 84 valence electrons. The molecule has 0 radical (unpaired) electrons. The first-order valence-electron chi connectivity index (χ1n) is 4.53. The van der Waals surface area contributed by atoms with Gasteiger partial charge < -0.3 is 4.52 Å². The molecule has 1 heterocycles. The minimum Gasteiger partial charge on any atom is -0.340 e. The van der Waals surface area contributed by atoms with E-state index in [-0.39, 0.29) is 0 Å². The third-order valence-electron chi connectivity index (χ3n) is 1.84. The Kier molecular flexibility index (Phi) is 3.74. The van der Waals surface area contributed by atoms with Crippen molar-refractivity contribution in [3.63, 3.8) is 0 Å². The average molecular weight is 275 g/mol. The monoisotopic (exact) mass is 274 g/mol. The van der Waals surface area contributed by atoms with Gasteiger partial charge in [0.1, 0.15) is 0 Å². The highest BCUT2D eigenvalue weighted by Crippen LogP contribution is 2.33. The van der Waals surface area contributed by atoms with Gasteiger partial charge in [0.25, 0.3) is 0 Å². The number of hydrogen-bond acceptors (Lipinski definition) is 4. The highest BCUT2D eigenvalue weighted by atomic mass is 35.5. The first-order chi connectivity index (χ1) is 7.66. The van der Waals surface area contributed by atoms with Crippen LogP contribution in [0, 0.1) is 6.92 Å². The number of halogens is 2. The maximum Gasteiger partial charge on any atom is 0.223 e. The zero-order valence-electron chi connectivity index (χ0n) is 8.41. The number of thioether (sulfide) groups is 1. The van der Waals surface area contributed by atoms with Crippen molar-refractivity contribution < 1.29 is 4.52 Å². The fourth-order valence-corrected chi connectivity index (χ4v) is 2.47. The smallest absolute Gasteiger partial charge is 0.223 e. The number of rotatable bonds is 3. The van der Waals surface area contributed by atoms with Crippen LogP contribution in [0.4, 0.5) is 0 Å². The summed E-state index contributed by atoms with van der Waals surface area (Å²) in [4.78, 5) is 5.02. The number of benzene rings is 1. The molecule has 0 bridgehead atoms. The van der Waals surface area contributed by atoms with E-state index in [2.05, 4.69) is 10.1 Å². The minimum absolute atomic E-state index is 0.552. The van der Waals surface area contributed by atoms with Crippen LogP contribution in [0.3, 0.4) is 0 Å². The van der Waals surface area contributed by atoms with Gasteiger partial charge in [-0.2, -0.15) is 4.98 Å². The zero-order valence-corrected chi connectivity index (χ0v) is 10.7. The molecule has 2 aromatic rings. The second-order valence-corrected chi connectivity index (χ2v) is 4.87. The third kappa shape index (κ3) is 2.70. The van der Waals surface area contributed by atoms with Gasteiger partial charge in [-0.15, -0.1) is 11.8 Å². The Hall–Kier alpha value is -0.710. The number of aromatic nitrogens is 2. The summed E-state index contributed by atoms with van der Waals surface area (Å²) in [6, 6.07) is 5.52. The summed E-state index contributed by atoms with van der Waals surface area (Å²) < 4.78 is 4.87. The molecule has 3 nitrogen and oxygen atoms in total. The van der Waals surface area contributed by atoms with Crippen LogP contribution in [0.15, 0.2) is 27.6 Å². The predicted octanol–water partition coefficient (Wildman–Crippen LogP) is 3.98. The molecule has 0 saturated carbocycles. The number of hydrogen-bond donors (Lipinski definition) is 0. The highest BCUT2D eigenvalue weighted by Gasteiger charge is 2.07. The molecule has 0 unspecified atom stereocenters. The lowest BCUT2D eigenvalue weighted by Crippen LogP contribution is -1.84. The third-order valence-corrected chi connectivity index (χ3v) is 3.83. The van der Waals surface area contributed by atoms with Gasteiger partial charge in [0, 0.05) is 11.8 Å². The van der Waals surface area contributed by atoms with Crippen LogP contribution in [0.1, 0.15) is 11.7 Å². The molecular weight excluding hydrogens is 267 g/mol. The van der Waals surface area contributed by atoms with Crippen molar-refractivity contribution in [2.24, 2.45) is 0 Å². The first kappa shape index (κ1) is 11.8. The molecule has 0 fully saturated rings. The molecule has 0 N–H and O–H groups in total. The summed E-state index contributed by atoms with van der Waals surface area (Å²) in [5.74, 6) is 1.82. The van der Waals surface area contributed by atoms with Crippen molar-refractivity contribution in [1.29, 1.82) is 0 Å². The standard InChI is InChI=1S/C10H8Cl2N2OS/c1-6-13-9(14-15-6)5-16-8-4-2-3-7(11)10(8)12/h2-4H,5H2,1H3. The topological polar surface area (TPSA) is 38.9 Å². The van der Waals surface area contributed by atoms with E-state index in [4.69, 9.17) is 27.7 Å². The van der Waals surface area contributed by atoms with E-state index < -0.39 is 0 Å². The Morgan fingerprint density at radius 1 is 1.38 bits per heavy atom. The summed E-state index contributed by atoms with van der Waals surface area (Å²) in [7, 11) is 0. The lowest BCUT2D eigenvalue weighted by Gasteiger charge is -2.02. The van der Waals surface area contributed by atoms with E-state index in [1.807, 2.05) is 12.1 Å². The summed E-state index contributed by atoms with van der Waals surface area (Å²) in [5, 5.41) is 4.92. The SMILES string of the molecule is Cc1nc(CSc2cccc(Cl)c2Cl)no1. The van der Waals surface area contributed by atoms with Crippen molar-refractivity contribution >= 4 is 35.0 Å². The van der Waals surface area contributed by atoms with Gasteiger partial charge in [0.15, 0.2) is 5.82 Å². The Bertz CT molecular complexity index is 501. The quantitative estimate of drug-likeness (QED) is 0.794. The molecule has 0 aliphatic heterocycles. The van der Waals surface area contributed by atoms with Crippen molar-refractivity contribution in [2.45, 2.75) is 17.6 Å². The summed E-state index contributed by atoms with van der Waals surface area (Å²) in [6.07, 6.45) is 0. The Morgan fingerprint density at radius 2 is 2.19 bits per heavy atom. The molecular formula is C10H8Cl2N2OS. The van der Waals surface area contributed by atoms with Gasteiger partial charge >= 0.3 is 0 Å². The van der Waals surface area contributed by atoms with E-state index in [0.717, 1.165) is 4.90 Å². The lowest BCUT2D eigenvalue weighted by molar-refractivity contribution is 0.389. The molecule has 0 atom stereocenters. The van der Waals surface area contributed by atoms with Crippen LogP contribution in [0.2, 0.25) is 10.0 Å². The van der Waals surface area contributed by atoms with Gasteiger partial charge in [0.2, 0.25) is 5.89 Å². The van der Waals surface area contributed by atoms with Gasteiger partial charge in [0.05, 0.1) is 15.8 Å². The zero-order chi connectivity index (χ0) is 11.5. The fraction of sp³-hybridized carbons (Fsp3) is 0.200. The van der Waals surface area contributed by atoms with Crippen molar-refractivity contribution in [1.82, 2.24) is 10.1 Å². The molecule has 0 aliphatic carbocycles. The summed E-state index contributed by atoms with van der Waals surface area (Å²) in [5.41, 5.74) is 0. The van der Waals surface area contributed by atoms with Crippen molar-refractivity contribution in [3.05, 3.63) is 40.0 Å². The van der Waals surface area contributed by atoms with Crippen molar-refractivity contribution in [3.8, 4) is 0 Å². The van der Waals surface area contributed by atoms with E-state index >= 15 is 0 Å². The predicted molar refractivity (Wildman–Crippen MR) is 65.1 cm³/mol. The van der Waals surface area contributed by atoms with E-state index in [9.17, 15) is 0 Å². The molecule has 0 spiro atoms. The Morgan fingerprint density at radius 3 is 2.88 bits per heavy atom. The summed E-state index contributed by atoms with van der Waals surface area (Å²) in [6.45, 7) is 1.76. The molecule has 0 aliphatic rings. The largest absolute Gasteiger partial charge is 0.340 e. The van der Waals surface area contributed by atoms with Crippen molar-refractivity contribution in [2.75, 3.05) is 0 Å². The Labute approximate surface area is 107 Å².